The number of carbonyl (C=O) groups is 1. The summed E-state index contributed by atoms with van der Waals surface area (Å²) in [5.41, 5.74) is 3.21. The third-order valence-electron chi connectivity index (χ3n) is 7.95. The first-order valence-corrected chi connectivity index (χ1v) is 15.8. The van der Waals surface area contributed by atoms with Gasteiger partial charge in [0, 0.05) is 76.2 Å². The SMILES string of the molecule is COc1cc(N2CCC(N3CCN(C(C)=O)CC3)CC2)ccc1Nc1ncc(Cl)c(Nc2ccccc2CN[SH](=O)=O)n1. The average Bonchev–Trinajstić information content (AvgIpc) is 3.02. The molecule has 230 valence electrons. The number of nitrogens with one attached hydrogen (secondary N) is 3. The second-order valence-corrected chi connectivity index (χ2v) is 11.8. The van der Waals surface area contributed by atoms with Crippen LogP contribution in [-0.4, -0.2) is 86.5 Å². The number of para-hydroxylation sites is 1. The van der Waals surface area contributed by atoms with Crippen LogP contribution in [0, 0.1) is 0 Å². The monoisotopic (exact) mass is 628 g/mol. The minimum atomic E-state index is -2.72. The smallest absolute Gasteiger partial charge is 0.229 e. The first-order valence-electron chi connectivity index (χ1n) is 14.3. The van der Waals surface area contributed by atoms with Crippen LogP contribution in [-0.2, 0) is 22.2 Å². The number of halogens is 1. The molecular weight excluding hydrogens is 592 g/mol. The number of aromatic nitrogens is 2. The molecule has 2 saturated heterocycles. The topological polar surface area (TPSA) is 132 Å². The van der Waals surface area contributed by atoms with Crippen molar-refractivity contribution < 1.29 is 17.9 Å². The molecule has 0 radical (unpaired) electrons. The molecule has 0 saturated carbocycles. The highest BCUT2D eigenvalue weighted by molar-refractivity contribution is 7.70. The maximum atomic E-state index is 11.7. The van der Waals surface area contributed by atoms with Gasteiger partial charge < -0.3 is 25.2 Å². The Morgan fingerprint density at radius 3 is 2.47 bits per heavy atom. The summed E-state index contributed by atoms with van der Waals surface area (Å²) >= 11 is 6.40. The number of thiol groups is 1. The third kappa shape index (κ3) is 7.85. The van der Waals surface area contributed by atoms with Gasteiger partial charge in [-0.2, -0.15) is 4.98 Å². The Morgan fingerprint density at radius 1 is 1.02 bits per heavy atom. The molecule has 0 atom stereocenters. The van der Waals surface area contributed by atoms with Crippen LogP contribution >= 0.6 is 11.6 Å². The number of anilines is 5. The highest BCUT2D eigenvalue weighted by Crippen LogP contribution is 2.34. The Balaban J connectivity index is 1.23. The molecule has 0 aliphatic carbocycles. The maximum absolute atomic E-state index is 11.7. The molecule has 3 aromatic rings. The van der Waals surface area contributed by atoms with Gasteiger partial charge in [-0.15, -0.1) is 0 Å². The summed E-state index contributed by atoms with van der Waals surface area (Å²) < 4.78 is 30.2. The number of hydrogen-bond donors (Lipinski definition) is 4. The summed E-state index contributed by atoms with van der Waals surface area (Å²) in [7, 11) is -1.09. The van der Waals surface area contributed by atoms with Crippen LogP contribution in [0.15, 0.2) is 48.7 Å². The number of methoxy groups -OCH3 is 1. The zero-order valence-electron chi connectivity index (χ0n) is 24.3. The second-order valence-electron chi connectivity index (χ2n) is 10.5. The molecule has 2 aliphatic heterocycles. The van der Waals surface area contributed by atoms with Gasteiger partial charge >= 0.3 is 0 Å². The fourth-order valence-corrected chi connectivity index (χ4v) is 6.02. The molecule has 14 heteroatoms. The van der Waals surface area contributed by atoms with Crippen LogP contribution in [0.2, 0.25) is 5.02 Å². The average molecular weight is 629 g/mol. The molecule has 12 nitrogen and oxygen atoms in total. The van der Waals surface area contributed by atoms with Crippen molar-refractivity contribution in [1.82, 2.24) is 24.5 Å². The zero-order valence-corrected chi connectivity index (χ0v) is 25.9. The Labute approximate surface area is 258 Å². The highest BCUT2D eigenvalue weighted by atomic mass is 35.5. The summed E-state index contributed by atoms with van der Waals surface area (Å²) in [6.07, 6.45) is 3.65. The van der Waals surface area contributed by atoms with E-state index in [0.717, 1.165) is 63.4 Å². The van der Waals surface area contributed by atoms with E-state index in [1.807, 2.05) is 41.3 Å². The quantitative estimate of drug-likeness (QED) is 0.248. The Hall–Kier alpha value is -3.65. The number of amides is 1. The zero-order chi connectivity index (χ0) is 30.3. The predicted octanol–water partition coefficient (Wildman–Crippen LogP) is 3.37. The van der Waals surface area contributed by atoms with E-state index < -0.39 is 10.9 Å². The lowest BCUT2D eigenvalue weighted by Crippen LogP contribution is -2.54. The van der Waals surface area contributed by atoms with Gasteiger partial charge in [0.2, 0.25) is 22.7 Å². The first-order chi connectivity index (χ1) is 20.8. The van der Waals surface area contributed by atoms with E-state index in [0.29, 0.717) is 40.0 Å². The van der Waals surface area contributed by atoms with Gasteiger partial charge in [-0.05, 0) is 36.6 Å². The van der Waals surface area contributed by atoms with Crippen molar-refractivity contribution in [3.05, 3.63) is 59.2 Å². The molecule has 2 aliphatic rings. The van der Waals surface area contributed by atoms with Crippen molar-refractivity contribution >= 4 is 57.2 Å². The van der Waals surface area contributed by atoms with Crippen LogP contribution in [0.25, 0.3) is 0 Å². The standard InChI is InChI=1S/C29H37ClN8O4S/c1-20(39)36-13-15-38(16-14-36)22-9-11-37(12-10-22)23-7-8-26(27(17-23)42-2)34-29-31-19-24(30)28(35-29)33-25-6-4-3-5-21(25)18-32-43(40)41/h3-8,17,19,22,43H,9-16,18H2,1-2H3,(H,32,40,41)(H2,31,33,34,35). The molecule has 2 aromatic carbocycles. The Kier molecular flexibility index (Phi) is 10.2. The largest absolute Gasteiger partial charge is 0.494 e. The van der Waals surface area contributed by atoms with E-state index in [-0.39, 0.29) is 12.5 Å². The second kappa shape index (κ2) is 14.2. The summed E-state index contributed by atoms with van der Waals surface area (Å²) in [5, 5.41) is 6.73. The van der Waals surface area contributed by atoms with Crippen molar-refractivity contribution in [3.63, 3.8) is 0 Å². The molecule has 0 spiro atoms. The van der Waals surface area contributed by atoms with Gasteiger partial charge in [0.25, 0.3) is 0 Å². The maximum Gasteiger partial charge on any atom is 0.229 e. The van der Waals surface area contributed by atoms with Crippen molar-refractivity contribution in [3.8, 4) is 5.75 Å². The molecule has 43 heavy (non-hydrogen) atoms. The number of nitrogens with zero attached hydrogens (tertiary/aromatic N) is 5. The number of benzene rings is 2. The van der Waals surface area contributed by atoms with Crippen LogP contribution in [0.1, 0.15) is 25.3 Å². The van der Waals surface area contributed by atoms with Gasteiger partial charge in [0.1, 0.15) is 10.8 Å². The number of carbonyl (C=O) groups excluding carboxylic acids is 1. The Morgan fingerprint density at radius 2 is 1.77 bits per heavy atom. The predicted molar refractivity (Wildman–Crippen MR) is 169 cm³/mol. The first kappa shape index (κ1) is 30.8. The van der Waals surface area contributed by atoms with Gasteiger partial charge in [-0.1, -0.05) is 29.8 Å². The highest BCUT2D eigenvalue weighted by Gasteiger charge is 2.28. The normalized spacial score (nSPS) is 16.4. The molecule has 3 heterocycles. The molecule has 3 N–H and O–H groups in total. The lowest BCUT2D eigenvalue weighted by molar-refractivity contribution is -0.130. The molecule has 0 unspecified atom stereocenters. The van der Waals surface area contributed by atoms with E-state index in [4.69, 9.17) is 16.3 Å². The molecular formula is C29H37ClN8O4S. The third-order valence-corrected chi connectivity index (χ3v) is 8.64. The van der Waals surface area contributed by atoms with Crippen LogP contribution in [0.5, 0.6) is 5.75 Å². The molecule has 2 fully saturated rings. The number of piperidine rings is 1. The van der Waals surface area contributed by atoms with E-state index in [9.17, 15) is 13.2 Å². The number of hydrogen-bond acceptors (Lipinski definition) is 10. The minimum Gasteiger partial charge on any atom is -0.494 e. The van der Waals surface area contributed by atoms with Gasteiger partial charge in [0.15, 0.2) is 5.82 Å². The van der Waals surface area contributed by atoms with Gasteiger partial charge in [-0.25, -0.2) is 18.1 Å². The van der Waals surface area contributed by atoms with Crippen molar-refractivity contribution in [1.29, 1.82) is 0 Å². The molecule has 5 rings (SSSR count). The summed E-state index contributed by atoms with van der Waals surface area (Å²) in [6, 6.07) is 13.9. The summed E-state index contributed by atoms with van der Waals surface area (Å²) in [6.45, 7) is 7.18. The van der Waals surface area contributed by atoms with Crippen molar-refractivity contribution in [2.45, 2.75) is 32.4 Å². The van der Waals surface area contributed by atoms with E-state index in [2.05, 4.69) is 41.2 Å². The summed E-state index contributed by atoms with van der Waals surface area (Å²) in [4.78, 5) is 27.4. The van der Waals surface area contributed by atoms with E-state index in [1.165, 1.54) is 6.20 Å². The number of ether oxygens (including phenoxy) is 1. The van der Waals surface area contributed by atoms with Gasteiger partial charge in [-0.3, -0.25) is 9.69 Å². The lowest BCUT2D eigenvalue weighted by Gasteiger charge is -2.43. The fraction of sp³-hybridized carbons (Fsp3) is 0.414. The van der Waals surface area contributed by atoms with E-state index >= 15 is 0 Å². The van der Waals surface area contributed by atoms with Gasteiger partial charge in [0.05, 0.1) is 19.0 Å². The van der Waals surface area contributed by atoms with Crippen LogP contribution in [0.3, 0.4) is 0 Å². The lowest BCUT2D eigenvalue weighted by atomic mass is 10.0. The summed E-state index contributed by atoms with van der Waals surface area (Å²) in [5.74, 6) is 1.52. The fourth-order valence-electron chi connectivity index (χ4n) is 5.58. The minimum absolute atomic E-state index is 0.134. The Bertz CT molecular complexity index is 1500. The van der Waals surface area contributed by atoms with Crippen LogP contribution < -0.4 is 25.0 Å². The van der Waals surface area contributed by atoms with E-state index in [1.54, 1.807) is 14.0 Å². The van der Waals surface area contributed by atoms with Crippen LogP contribution in [0.4, 0.5) is 28.8 Å². The number of rotatable bonds is 10. The molecule has 0 bridgehead atoms. The van der Waals surface area contributed by atoms with Crippen molar-refractivity contribution in [2.75, 3.05) is 61.9 Å². The number of piperazine rings is 1. The van der Waals surface area contributed by atoms with Crippen molar-refractivity contribution in [2.24, 2.45) is 0 Å². The molecule has 1 amide bonds. The molecule has 1 aromatic heterocycles.